The molecule has 0 aromatic carbocycles. The van der Waals surface area contributed by atoms with Gasteiger partial charge in [0.2, 0.25) is 5.88 Å². The summed E-state index contributed by atoms with van der Waals surface area (Å²) < 4.78 is 14.3. The van der Waals surface area contributed by atoms with Gasteiger partial charge in [0.1, 0.15) is 23.1 Å². The number of thiophene rings is 1. The maximum atomic E-state index is 10.4. The van der Waals surface area contributed by atoms with Gasteiger partial charge in [0, 0.05) is 16.5 Å². The number of nitrogens with two attached hydrogens (primary N) is 1. The van der Waals surface area contributed by atoms with Crippen molar-refractivity contribution in [1.29, 1.82) is 5.26 Å². The second kappa shape index (κ2) is 10.3. The average Bonchev–Trinajstić information content (AvgIpc) is 3.76. The van der Waals surface area contributed by atoms with Crippen molar-refractivity contribution in [1.82, 2.24) is 29.8 Å². The predicted molar refractivity (Wildman–Crippen MR) is 163 cm³/mol. The van der Waals surface area contributed by atoms with E-state index in [4.69, 9.17) is 30.1 Å². The first-order valence-electron chi connectivity index (χ1n) is 15.2. The molecule has 1 spiro atoms. The molecule has 43 heavy (non-hydrogen) atoms. The number of ether oxygens (including phenoxy) is 1. The molecule has 0 saturated carbocycles. The van der Waals surface area contributed by atoms with E-state index in [2.05, 4.69) is 30.1 Å². The number of nitrogens with zero attached hydrogens (tertiary/aromatic N) is 7. The highest BCUT2D eigenvalue weighted by Gasteiger charge is 2.49. The Morgan fingerprint density at radius 3 is 2.79 bits per heavy atom. The van der Waals surface area contributed by atoms with Crippen LogP contribution in [0, 0.1) is 11.3 Å². The van der Waals surface area contributed by atoms with E-state index < -0.39 is 11.0 Å². The minimum Gasteiger partial charge on any atom is -0.474 e. The highest BCUT2D eigenvalue weighted by molar-refractivity contribution is 7.16. The lowest BCUT2D eigenvalue weighted by Crippen LogP contribution is -2.35. The molecule has 4 aromatic heterocycles. The van der Waals surface area contributed by atoms with E-state index in [1.54, 1.807) is 20.0 Å². The van der Waals surface area contributed by atoms with Crippen molar-refractivity contribution >= 4 is 27.4 Å². The van der Waals surface area contributed by atoms with Crippen LogP contribution in [-0.4, -0.2) is 66.8 Å². The number of rotatable bonds is 6. The molecule has 1 saturated heterocycles. The number of hydrogen-bond acceptors (Lipinski definition) is 11. The first-order chi connectivity index (χ1) is 20.6. The summed E-state index contributed by atoms with van der Waals surface area (Å²) >= 11 is 1.53. The van der Waals surface area contributed by atoms with E-state index >= 15 is 0 Å². The number of hydrogen-bond donors (Lipinski definition) is 2. The van der Waals surface area contributed by atoms with Gasteiger partial charge in [0.05, 0.1) is 28.8 Å². The molecule has 1 aliphatic heterocycles. The fourth-order valence-corrected chi connectivity index (χ4v) is 8.75. The quantitative estimate of drug-likeness (QED) is 0.316. The minimum absolute atomic E-state index is 0.0595. The Morgan fingerprint density at radius 1 is 1.28 bits per heavy atom. The second-order valence-corrected chi connectivity index (χ2v) is 14.2. The minimum atomic E-state index is -1.05. The van der Waals surface area contributed by atoms with E-state index in [-0.39, 0.29) is 12.6 Å². The summed E-state index contributed by atoms with van der Waals surface area (Å²) in [6.45, 7) is 6.70. The fraction of sp³-hybridized carbons (Fsp3) is 0.581. The molecule has 1 fully saturated rings. The topological polar surface area (TPSA) is 152 Å². The van der Waals surface area contributed by atoms with Crippen molar-refractivity contribution in [3.8, 4) is 23.5 Å². The number of anilines is 1. The molecule has 226 valence electrons. The standard InChI is InChI=1S/C31H38N8O3S/c1-17(21-9-7-13-38(21)4)39-28-20(15-34-39)29(41-16-30(2,3)40)36-27(35-28)24-18-8-5-11-31(25(18)42-37-24)12-6-10-22-23(31)19(14-32)26(33)43-22/h15,17,21,40H,5-13,16,33H2,1-4H3. The van der Waals surface area contributed by atoms with Gasteiger partial charge in [0.25, 0.3) is 0 Å². The third-order valence-electron chi connectivity index (χ3n) is 9.57. The maximum absolute atomic E-state index is 10.4. The Hall–Kier alpha value is -3.53. The molecule has 11 nitrogen and oxygen atoms in total. The van der Waals surface area contributed by atoms with E-state index in [1.165, 1.54) is 16.2 Å². The van der Waals surface area contributed by atoms with E-state index in [1.807, 2.05) is 4.68 Å². The van der Waals surface area contributed by atoms with Crippen LogP contribution in [0.5, 0.6) is 5.88 Å². The number of likely N-dealkylation sites (tertiary alicyclic amines) is 1. The van der Waals surface area contributed by atoms with Crippen molar-refractivity contribution in [2.45, 2.75) is 95.2 Å². The first-order valence-corrected chi connectivity index (χ1v) is 16.0. The second-order valence-electron chi connectivity index (χ2n) is 13.1. The summed E-state index contributed by atoms with van der Waals surface area (Å²) in [4.78, 5) is 13.5. The Balaban J connectivity index is 1.37. The predicted octanol–water partition coefficient (Wildman–Crippen LogP) is 4.76. The van der Waals surface area contributed by atoms with Gasteiger partial charge < -0.3 is 25.0 Å². The molecule has 7 rings (SSSR count). The van der Waals surface area contributed by atoms with Gasteiger partial charge >= 0.3 is 0 Å². The number of likely N-dealkylation sites (N-methyl/N-ethyl adjacent to an activating group) is 1. The summed E-state index contributed by atoms with van der Waals surface area (Å²) in [6, 6.07) is 2.81. The van der Waals surface area contributed by atoms with Crippen LogP contribution in [0.15, 0.2) is 10.7 Å². The zero-order valence-corrected chi connectivity index (χ0v) is 26.0. The number of nitrogen functional groups attached to an aromatic ring is 1. The molecule has 3 N–H and O–H groups in total. The Bertz CT molecular complexity index is 1740. The van der Waals surface area contributed by atoms with E-state index in [0.717, 1.165) is 74.8 Å². The smallest absolute Gasteiger partial charge is 0.228 e. The third-order valence-corrected chi connectivity index (χ3v) is 10.7. The SMILES string of the molecule is CC(C1CCCN1C)n1ncc2c(OCC(C)(C)O)nc(-c3noc4c3CCCC43CCCc4sc(N)c(C#N)c43)nc21. The van der Waals surface area contributed by atoms with Crippen LogP contribution < -0.4 is 10.5 Å². The molecule has 0 radical (unpaired) electrons. The summed E-state index contributed by atoms with van der Waals surface area (Å²) in [6.07, 6.45) is 9.38. The molecule has 2 aliphatic carbocycles. The van der Waals surface area contributed by atoms with Crippen molar-refractivity contribution in [2.24, 2.45) is 0 Å². The molecule has 0 amide bonds. The maximum Gasteiger partial charge on any atom is 0.228 e. The summed E-state index contributed by atoms with van der Waals surface area (Å²) in [5.41, 5.74) is 8.72. The van der Waals surface area contributed by atoms with Gasteiger partial charge in [-0.3, -0.25) is 0 Å². The van der Waals surface area contributed by atoms with Crippen LogP contribution in [-0.2, 0) is 18.3 Å². The molecular formula is C31H38N8O3S. The molecule has 5 heterocycles. The van der Waals surface area contributed by atoms with Crippen LogP contribution >= 0.6 is 11.3 Å². The van der Waals surface area contributed by atoms with Crippen LogP contribution in [0.3, 0.4) is 0 Å². The van der Waals surface area contributed by atoms with E-state index in [9.17, 15) is 10.4 Å². The molecule has 3 atom stereocenters. The Kier molecular flexibility index (Phi) is 6.76. The van der Waals surface area contributed by atoms with Crippen LogP contribution in [0.25, 0.3) is 22.6 Å². The number of aryl methyl sites for hydroxylation is 1. The Labute approximate surface area is 254 Å². The normalized spacial score (nSPS) is 22.9. The molecule has 3 unspecified atom stereocenters. The summed E-state index contributed by atoms with van der Waals surface area (Å²) in [7, 11) is 2.16. The summed E-state index contributed by atoms with van der Waals surface area (Å²) in [5.74, 6) is 1.58. The lowest BCUT2D eigenvalue weighted by atomic mass is 9.63. The lowest BCUT2D eigenvalue weighted by Gasteiger charge is -2.39. The highest BCUT2D eigenvalue weighted by Crippen LogP contribution is 2.55. The summed E-state index contributed by atoms with van der Waals surface area (Å²) in [5, 5.41) is 31.1. The lowest BCUT2D eigenvalue weighted by molar-refractivity contribution is 0.0274. The van der Waals surface area contributed by atoms with Gasteiger partial charge in [-0.15, -0.1) is 11.3 Å². The Morgan fingerprint density at radius 2 is 2.07 bits per heavy atom. The zero-order valence-electron chi connectivity index (χ0n) is 25.2. The highest BCUT2D eigenvalue weighted by atomic mass is 32.1. The number of aromatic nitrogens is 5. The van der Waals surface area contributed by atoms with Crippen molar-refractivity contribution in [3.05, 3.63) is 33.5 Å². The number of nitriles is 1. The van der Waals surface area contributed by atoms with Crippen molar-refractivity contribution in [3.63, 3.8) is 0 Å². The number of aliphatic hydroxyl groups is 1. The molecule has 0 bridgehead atoms. The van der Waals surface area contributed by atoms with Gasteiger partial charge in [-0.25, -0.2) is 9.67 Å². The average molecular weight is 603 g/mol. The van der Waals surface area contributed by atoms with E-state index in [0.29, 0.717) is 45.0 Å². The van der Waals surface area contributed by atoms with Crippen LogP contribution in [0.2, 0.25) is 0 Å². The van der Waals surface area contributed by atoms with Gasteiger partial charge in [-0.2, -0.15) is 15.3 Å². The molecule has 12 heteroatoms. The van der Waals surface area contributed by atoms with Crippen LogP contribution in [0.4, 0.5) is 5.00 Å². The van der Waals surface area contributed by atoms with Crippen molar-refractivity contribution < 1.29 is 14.4 Å². The molecular weight excluding hydrogens is 564 g/mol. The van der Waals surface area contributed by atoms with Gasteiger partial charge in [-0.05, 0) is 91.3 Å². The number of fused-ring (bicyclic) bond motifs is 5. The third kappa shape index (κ3) is 4.51. The van der Waals surface area contributed by atoms with Crippen molar-refractivity contribution in [2.75, 3.05) is 25.9 Å². The fourth-order valence-electron chi connectivity index (χ4n) is 7.58. The van der Waals surface area contributed by atoms with Crippen LogP contribution in [0.1, 0.15) is 92.7 Å². The molecule has 4 aromatic rings. The van der Waals surface area contributed by atoms with Gasteiger partial charge in [0.15, 0.2) is 22.9 Å². The monoisotopic (exact) mass is 602 g/mol. The molecule has 3 aliphatic rings. The largest absolute Gasteiger partial charge is 0.474 e. The first kappa shape index (κ1) is 28.3. The van der Waals surface area contributed by atoms with Gasteiger partial charge in [-0.1, -0.05) is 5.16 Å². The zero-order chi connectivity index (χ0) is 30.1.